The maximum Gasteiger partial charge on any atom is 0.264 e. The highest BCUT2D eigenvalue weighted by molar-refractivity contribution is 7.33. The Bertz CT molecular complexity index is 4240. The first-order chi connectivity index (χ1) is 32.4. The number of para-hydroxylation sites is 4. The topological polar surface area (TPSA) is 26.2 Å². The predicted molar refractivity (Wildman–Crippen MR) is 281 cm³/mol. The third-order valence-corrected chi connectivity index (χ3v) is 15.9. The maximum atomic E-state index is 6.41. The molecule has 0 spiro atoms. The molecule has 0 aliphatic carbocycles. The van der Waals surface area contributed by atoms with Gasteiger partial charge in [0, 0.05) is 75.4 Å². The lowest BCUT2D eigenvalue weighted by Crippen LogP contribution is -2.59. The SMILES string of the molecule is CC(C)(C)c1ccc2sc3c(c2c1)N(c1cccc(-c2ccc4c(c2)oc2ccccc24)c1)c1cccc2c1B3c1cccc3c4ccc5c(c6ccccc6n5-c5ccccc5)c4n-2c13. The molecule has 0 N–H and O–H groups in total. The number of nitrogens with zero attached hydrogens (tertiary/aromatic N) is 3. The molecule has 310 valence electrons. The Labute approximate surface area is 385 Å². The summed E-state index contributed by atoms with van der Waals surface area (Å²) in [6.45, 7) is 7.02. The molecule has 66 heavy (non-hydrogen) atoms. The molecule has 9 aromatic carbocycles. The van der Waals surface area contributed by atoms with Gasteiger partial charge in [0.15, 0.2) is 0 Å². The Morgan fingerprint density at radius 2 is 1.20 bits per heavy atom. The molecule has 0 radical (unpaired) electrons. The van der Waals surface area contributed by atoms with E-state index in [2.05, 4.69) is 217 Å². The number of aromatic nitrogens is 2. The summed E-state index contributed by atoms with van der Waals surface area (Å²) < 4.78 is 14.2. The van der Waals surface area contributed by atoms with Crippen LogP contribution in [0.3, 0.4) is 0 Å². The standard InChI is InChI=1S/C60H40BN3OS/c1-60(2,3)37-27-31-53-45(34-37)58-59(66-53)61-46-21-12-20-42-43-29-30-48-54(44-19-7-9-22-47(44)62(48)38-15-5-4-6-16-38)57(43)64(56(42)46)50-24-13-23-49(55(50)61)63(58)39-17-11-14-35(32-39)36-26-28-41-40-18-8-10-25-51(40)65-52(41)33-36/h4-34H,1-3H3. The van der Waals surface area contributed by atoms with Crippen LogP contribution in [0.5, 0.6) is 0 Å². The van der Waals surface area contributed by atoms with Crippen LogP contribution < -0.4 is 20.6 Å². The predicted octanol–water partition coefficient (Wildman–Crippen LogP) is 14.6. The molecular formula is C60H40BN3OS. The zero-order valence-corrected chi connectivity index (χ0v) is 37.4. The van der Waals surface area contributed by atoms with Crippen molar-refractivity contribution in [3.8, 4) is 22.5 Å². The van der Waals surface area contributed by atoms with Crippen molar-refractivity contribution in [3.05, 3.63) is 194 Å². The van der Waals surface area contributed by atoms with Crippen molar-refractivity contribution in [2.75, 3.05) is 4.90 Å². The Balaban J connectivity index is 1.03. The highest BCUT2D eigenvalue weighted by atomic mass is 32.1. The van der Waals surface area contributed by atoms with Crippen molar-refractivity contribution in [3.63, 3.8) is 0 Å². The molecule has 2 aliphatic heterocycles. The molecule has 0 fully saturated rings. The molecule has 0 unspecified atom stereocenters. The Morgan fingerprint density at radius 1 is 0.485 bits per heavy atom. The highest BCUT2D eigenvalue weighted by Crippen LogP contribution is 2.49. The van der Waals surface area contributed by atoms with Gasteiger partial charge in [-0.2, -0.15) is 0 Å². The van der Waals surface area contributed by atoms with Crippen LogP contribution in [0.4, 0.5) is 17.1 Å². The highest BCUT2D eigenvalue weighted by Gasteiger charge is 2.44. The molecule has 0 atom stereocenters. The van der Waals surface area contributed by atoms with Gasteiger partial charge in [-0.3, -0.25) is 0 Å². The summed E-state index contributed by atoms with van der Waals surface area (Å²) in [6, 6.07) is 69.9. The van der Waals surface area contributed by atoms with Crippen LogP contribution in [-0.2, 0) is 5.41 Å². The fourth-order valence-corrected chi connectivity index (χ4v) is 13.0. The Morgan fingerprint density at radius 3 is 2.09 bits per heavy atom. The van der Waals surface area contributed by atoms with E-state index in [9.17, 15) is 0 Å². The van der Waals surface area contributed by atoms with Gasteiger partial charge in [0.2, 0.25) is 0 Å². The largest absolute Gasteiger partial charge is 0.456 e. The van der Waals surface area contributed by atoms with Crippen molar-refractivity contribution >= 4 is 126 Å². The number of furan rings is 1. The molecule has 13 aromatic rings. The number of fused-ring (bicyclic) bond motifs is 16. The zero-order valence-electron chi connectivity index (χ0n) is 36.6. The monoisotopic (exact) mass is 861 g/mol. The molecule has 0 saturated carbocycles. The van der Waals surface area contributed by atoms with Crippen molar-refractivity contribution in [2.45, 2.75) is 26.2 Å². The molecule has 2 aliphatic rings. The van der Waals surface area contributed by atoms with Crippen molar-refractivity contribution in [1.82, 2.24) is 9.13 Å². The first-order valence-corrected chi connectivity index (χ1v) is 23.8. The lowest BCUT2D eigenvalue weighted by atomic mass is 9.36. The van der Waals surface area contributed by atoms with Gasteiger partial charge in [0.1, 0.15) is 11.2 Å². The van der Waals surface area contributed by atoms with Crippen LogP contribution >= 0.6 is 11.3 Å². The van der Waals surface area contributed by atoms with Crippen LogP contribution in [0.25, 0.3) is 98.1 Å². The first-order valence-electron chi connectivity index (χ1n) is 23.0. The lowest BCUT2D eigenvalue weighted by Gasteiger charge is -2.39. The first kappa shape index (κ1) is 36.5. The van der Waals surface area contributed by atoms with Crippen LogP contribution in [0, 0.1) is 0 Å². The molecule has 0 bridgehead atoms. The second-order valence-corrected chi connectivity index (χ2v) is 20.3. The number of benzene rings is 9. The molecule has 15 rings (SSSR count). The third kappa shape index (κ3) is 4.78. The van der Waals surface area contributed by atoms with Gasteiger partial charge in [-0.15, -0.1) is 11.3 Å². The second kappa shape index (κ2) is 12.9. The number of anilines is 3. The van der Waals surface area contributed by atoms with Crippen molar-refractivity contribution in [2.24, 2.45) is 0 Å². The van der Waals surface area contributed by atoms with Crippen LogP contribution in [-0.4, -0.2) is 15.8 Å². The average molecular weight is 862 g/mol. The molecule has 4 nitrogen and oxygen atoms in total. The van der Waals surface area contributed by atoms with Gasteiger partial charge < -0.3 is 18.5 Å². The van der Waals surface area contributed by atoms with E-state index in [1.165, 1.54) is 92.0 Å². The second-order valence-electron chi connectivity index (χ2n) is 19.2. The molecule has 6 heteroatoms. The molecule has 0 amide bonds. The van der Waals surface area contributed by atoms with Crippen LogP contribution in [0.15, 0.2) is 192 Å². The Hall–Kier alpha value is -7.80. The van der Waals surface area contributed by atoms with Crippen LogP contribution in [0.1, 0.15) is 26.3 Å². The zero-order chi connectivity index (χ0) is 43.6. The lowest BCUT2D eigenvalue weighted by molar-refractivity contribution is 0.591. The molecule has 0 saturated heterocycles. The number of hydrogen-bond acceptors (Lipinski definition) is 3. The van der Waals surface area contributed by atoms with Crippen LogP contribution in [0.2, 0.25) is 0 Å². The summed E-state index contributed by atoms with van der Waals surface area (Å²) in [5.41, 5.74) is 19.2. The summed E-state index contributed by atoms with van der Waals surface area (Å²) in [7, 11) is 0. The minimum Gasteiger partial charge on any atom is -0.456 e. The van der Waals surface area contributed by atoms with E-state index in [0.29, 0.717) is 0 Å². The number of hydrogen-bond donors (Lipinski definition) is 0. The van der Waals surface area contributed by atoms with E-state index in [1.807, 2.05) is 17.4 Å². The van der Waals surface area contributed by atoms with Gasteiger partial charge in [-0.05, 0) is 112 Å². The van der Waals surface area contributed by atoms with Gasteiger partial charge in [0.25, 0.3) is 6.71 Å². The van der Waals surface area contributed by atoms with E-state index >= 15 is 0 Å². The summed E-state index contributed by atoms with van der Waals surface area (Å²) in [5.74, 6) is 0. The maximum absolute atomic E-state index is 6.41. The number of thiophene rings is 1. The van der Waals surface area contributed by atoms with E-state index < -0.39 is 0 Å². The molecular weight excluding hydrogens is 822 g/mol. The Kier molecular flexibility index (Phi) is 7.16. The summed E-state index contributed by atoms with van der Waals surface area (Å²) in [6.07, 6.45) is 0. The minimum absolute atomic E-state index is 0.00483. The smallest absolute Gasteiger partial charge is 0.264 e. The third-order valence-electron chi connectivity index (χ3n) is 14.6. The van der Waals surface area contributed by atoms with Gasteiger partial charge >= 0.3 is 0 Å². The quantitative estimate of drug-likeness (QED) is 0.165. The normalized spacial score (nSPS) is 13.3. The van der Waals surface area contributed by atoms with E-state index in [1.54, 1.807) is 0 Å². The van der Waals surface area contributed by atoms with E-state index in [-0.39, 0.29) is 12.1 Å². The van der Waals surface area contributed by atoms with Crippen molar-refractivity contribution < 1.29 is 4.42 Å². The van der Waals surface area contributed by atoms with E-state index in [4.69, 9.17) is 4.42 Å². The summed E-state index contributed by atoms with van der Waals surface area (Å²) in [4.78, 5) is 2.59. The summed E-state index contributed by atoms with van der Waals surface area (Å²) >= 11 is 1.96. The fourth-order valence-electron chi connectivity index (χ4n) is 11.7. The van der Waals surface area contributed by atoms with Gasteiger partial charge in [0.05, 0.1) is 22.2 Å². The minimum atomic E-state index is -0.00483. The van der Waals surface area contributed by atoms with Crippen molar-refractivity contribution in [1.29, 1.82) is 0 Å². The summed E-state index contributed by atoms with van der Waals surface area (Å²) in [5, 5.41) is 8.71. The fraction of sp³-hybridized carbons (Fsp3) is 0.0667. The van der Waals surface area contributed by atoms with Gasteiger partial charge in [-0.25, -0.2) is 0 Å². The molecule has 4 aromatic heterocycles. The average Bonchev–Trinajstić information content (AvgIpc) is 4.10. The number of rotatable bonds is 3. The van der Waals surface area contributed by atoms with Gasteiger partial charge in [-0.1, -0.05) is 130 Å². The molecule has 6 heterocycles. The van der Waals surface area contributed by atoms with E-state index in [0.717, 1.165) is 44.4 Å².